The Morgan fingerprint density at radius 1 is 1.30 bits per heavy atom. The fourth-order valence-corrected chi connectivity index (χ4v) is 3.74. The van der Waals surface area contributed by atoms with Crippen molar-refractivity contribution >= 4 is 0 Å². The number of nitrogens with one attached hydrogen (secondary N) is 1. The minimum absolute atomic E-state index is 0.315. The first-order valence-electron chi connectivity index (χ1n) is 7.78. The van der Waals surface area contributed by atoms with Crippen LogP contribution < -0.4 is 5.32 Å². The summed E-state index contributed by atoms with van der Waals surface area (Å²) in [5.74, 6) is 0. The van der Waals surface area contributed by atoms with Crippen LogP contribution in [0.3, 0.4) is 0 Å². The maximum atomic E-state index is 9.01. The number of nitriles is 1. The van der Waals surface area contributed by atoms with Crippen LogP contribution in [0.1, 0.15) is 49.8 Å². The van der Waals surface area contributed by atoms with Crippen molar-refractivity contribution in [3.05, 3.63) is 35.4 Å². The molecule has 2 aliphatic rings. The second-order valence-corrected chi connectivity index (χ2v) is 6.12. The SMILES string of the molecule is CC(NC1CCN2CCCCC12)c1cccc(C#N)c1. The first-order valence-corrected chi connectivity index (χ1v) is 7.78. The first-order chi connectivity index (χ1) is 9.78. The van der Waals surface area contributed by atoms with Gasteiger partial charge in [0.25, 0.3) is 0 Å². The van der Waals surface area contributed by atoms with Crippen LogP contribution in [0.15, 0.2) is 24.3 Å². The predicted octanol–water partition coefficient (Wildman–Crippen LogP) is 2.84. The molecule has 3 unspecified atom stereocenters. The van der Waals surface area contributed by atoms with Crippen molar-refractivity contribution in [2.75, 3.05) is 13.1 Å². The van der Waals surface area contributed by atoms with E-state index in [1.54, 1.807) is 0 Å². The molecule has 0 aliphatic carbocycles. The van der Waals surface area contributed by atoms with E-state index in [4.69, 9.17) is 5.26 Å². The fraction of sp³-hybridized carbons (Fsp3) is 0.588. The topological polar surface area (TPSA) is 39.1 Å². The zero-order chi connectivity index (χ0) is 13.9. The largest absolute Gasteiger partial charge is 0.306 e. The molecule has 0 spiro atoms. The molecule has 3 atom stereocenters. The highest BCUT2D eigenvalue weighted by molar-refractivity contribution is 5.34. The van der Waals surface area contributed by atoms with E-state index in [9.17, 15) is 0 Å². The molecule has 3 rings (SSSR count). The van der Waals surface area contributed by atoms with Gasteiger partial charge in [0, 0.05) is 24.7 Å². The van der Waals surface area contributed by atoms with E-state index in [1.165, 1.54) is 44.3 Å². The van der Waals surface area contributed by atoms with Crippen molar-refractivity contribution in [3.63, 3.8) is 0 Å². The molecular weight excluding hydrogens is 246 g/mol. The average molecular weight is 269 g/mol. The smallest absolute Gasteiger partial charge is 0.0991 e. The second kappa shape index (κ2) is 5.95. The fourth-order valence-electron chi connectivity index (χ4n) is 3.74. The Hall–Kier alpha value is -1.37. The van der Waals surface area contributed by atoms with Gasteiger partial charge < -0.3 is 5.32 Å². The normalized spacial score (nSPS) is 27.8. The van der Waals surface area contributed by atoms with Gasteiger partial charge in [-0.1, -0.05) is 18.6 Å². The minimum Gasteiger partial charge on any atom is -0.306 e. The Morgan fingerprint density at radius 3 is 3.05 bits per heavy atom. The number of piperidine rings is 1. The molecule has 2 aliphatic heterocycles. The van der Waals surface area contributed by atoms with Gasteiger partial charge in [0.2, 0.25) is 0 Å². The number of hydrogen-bond acceptors (Lipinski definition) is 3. The van der Waals surface area contributed by atoms with Crippen LogP contribution in [0.5, 0.6) is 0 Å². The summed E-state index contributed by atoms with van der Waals surface area (Å²) in [6, 6.07) is 11.8. The van der Waals surface area contributed by atoms with Crippen LogP contribution in [0.2, 0.25) is 0 Å². The molecule has 0 radical (unpaired) electrons. The lowest BCUT2D eigenvalue weighted by Gasteiger charge is -2.34. The Kier molecular flexibility index (Phi) is 4.05. The van der Waals surface area contributed by atoms with Crippen LogP contribution >= 0.6 is 0 Å². The Morgan fingerprint density at radius 2 is 2.20 bits per heavy atom. The van der Waals surface area contributed by atoms with E-state index in [1.807, 2.05) is 18.2 Å². The molecule has 1 aromatic carbocycles. The molecule has 106 valence electrons. The predicted molar refractivity (Wildman–Crippen MR) is 80.3 cm³/mol. The van der Waals surface area contributed by atoms with Gasteiger partial charge in [0.15, 0.2) is 0 Å². The van der Waals surface area contributed by atoms with Gasteiger partial charge in [-0.2, -0.15) is 5.26 Å². The molecule has 2 fully saturated rings. The summed E-state index contributed by atoms with van der Waals surface area (Å²) in [5, 5.41) is 12.8. The summed E-state index contributed by atoms with van der Waals surface area (Å²) in [4.78, 5) is 2.65. The van der Waals surface area contributed by atoms with Crippen molar-refractivity contribution in [3.8, 4) is 6.07 Å². The van der Waals surface area contributed by atoms with Gasteiger partial charge >= 0.3 is 0 Å². The maximum absolute atomic E-state index is 9.01. The molecule has 2 saturated heterocycles. The van der Waals surface area contributed by atoms with E-state index < -0.39 is 0 Å². The Labute approximate surface area is 121 Å². The van der Waals surface area contributed by atoms with Crippen LogP contribution in [0.25, 0.3) is 0 Å². The second-order valence-electron chi connectivity index (χ2n) is 6.12. The molecule has 0 bridgehead atoms. The highest BCUT2D eigenvalue weighted by atomic mass is 15.2. The van der Waals surface area contributed by atoms with Gasteiger partial charge in [-0.3, -0.25) is 4.90 Å². The van der Waals surface area contributed by atoms with Gasteiger partial charge in [-0.05, 0) is 50.4 Å². The third-order valence-corrected chi connectivity index (χ3v) is 4.84. The van der Waals surface area contributed by atoms with Gasteiger partial charge in [-0.25, -0.2) is 0 Å². The standard InChI is InChI=1S/C17H23N3/c1-13(15-6-4-5-14(11-15)12-18)19-16-8-10-20-9-3-2-7-17(16)20/h4-6,11,13,16-17,19H,2-3,7-10H2,1H3. The molecule has 0 saturated carbocycles. The van der Waals surface area contributed by atoms with Gasteiger partial charge in [0.1, 0.15) is 0 Å². The van der Waals surface area contributed by atoms with Crippen LogP contribution in [0.4, 0.5) is 0 Å². The first kappa shape index (κ1) is 13.6. The summed E-state index contributed by atoms with van der Waals surface area (Å²) in [6.45, 7) is 4.73. The summed E-state index contributed by atoms with van der Waals surface area (Å²) >= 11 is 0. The molecule has 20 heavy (non-hydrogen) atoms. The number of rotatable bonds is 3. The third-order valence-electron chi connectivity index (χ3n) is 4.84. The summed E-state index contributed by atoms with van der Waals surface area (Å²) in [7, 11) is 0. The Bertz CT molecular complexity index is 505. The van der Waals surface area contributed by atoms with Crippen molar-refractivity contribution < 1.29 is 0 Å². The maximum Gasteiger partial charge on any atom is 0.0991 e. The monoisotopic (exact) mass is 269 g/mol. The zero-order valence-electron chi connectivity index (χ0n) is 12.2. The molecule has 0 amide bonds. The number of fused-ring (bicyclic) bond motifs is 1. The molecular formula is C17H23N3. The van der Waals surface area contributed by atoms with E-state index in [0.717, 1.165) is 11.6 Å². The summed E-state index contributed by atoms with van der Waals surface area (Å²) in [6.07, 6.45) is 5.33. The molecule has 2 heterocycles. The van der Waals surface area contributed by atoms with E-state index in [-0.39, 0.29) is 0 Å². The molecule has 3 heteroatoms. The summed E-state index contributed by atoms with van der Waals surface area (Å²) in [5.41, 5.74) is 1.97. The summed E-state index contributed by atoms with van der Waals surface area (Å²) < 4.78 is 0. The lowest BCUT2D eigenvalue weighted by atomic mass is 9.97. The molecule has 0 aromatic heterocycles. The van der Waals surface area contributed by atoms with Crippen molar-refractivity contribution in [2.24, 2.45) is 0 Å². The van der Waals surface area contributed by atoms with E-state index >= 15 is 0 Å². The number of hydrogen-bond donors (Lipinski definition) is 1. The van der Waals surface area contributed by atoms with Crippen LogP contribution in [-0.4, -0.2) is 30.1 Å². The third kappa shape index (κ3) is 2.72. The molecule has 3 nitrogen and oxygen atoms in total. The minimum atomic E-state index is 0.315. The highest BCUT2D eigenvalue weighted by Crippen LogP contribution is 2.28. The van der Waals surface area contributed by atoms with E-state index in [2.05, 4.69) is 29.3 Å². The molecule has 1 aromatic rings. The van der Waals surface area contributed by atoms with Crippen molar-refractivity contribution in [1.29, 1.82) is 5.26 Å². The highest BCUT2D eigenvalue weighted by Gasteiger charge is 2.35. The number of benzene rings is 1. The van der Waals surface area contributed by atoms with E-state index in [0.29, 0.717) is 12.1 Å². The zero-order valence-corrected chi connectivity index (χ0v) is 12.2. The van der Waals surface area contributed by atoms with Crippen LogP contribution in [-0.2, 0) is 0 Å². The number of nitrogens with zero attached hydrogens (tertiary/aromatic N) is 2. The van der Waals surface area contributed by atoms with Crippen molar-refractivity contribution in [2.45, 2.75) is 50.7 Å². The quantitative estimate of drug-likeness (QED) is 0.917. The Balaban J connectivity index is 1.66. The molecule has 1 N–H and O–H groups in total. The van der Waals surface area contributed by atoms with Crippen LogP contribution in [0, 0.1) is 11.3 Å². The van der Waals surface area contributed by atoms with Gasteiger partial charge in [-0.15, -0.1) is 0 Å². The van der Waals surface area contributed by atoms with Gasteiger partial charge in [0.05, 0.1) is 11.6 Å². The average Bonchev–Trinajstić information content (AvgIpc) is 2.90. The lowest BCUT2D eigenvalue weighted by molar-refractivity contribution is 0.177. The van der Waals surface area contributed by atoms with Crippen molar-refractivity contribution in [1.82, 2.24) is 10.2 Å². The lowest BCUT2D eigenvalue weighted by Crippen LogP contribution is -2.45.